The molecule has 0 bridgehead atoms. The zero-order valence-corrected chi connectivity index (χ0v) is 13.3. The van der Waals surface area contributed by atoms with Crippen LogP contribution in [0.2, 0.25) is 0 Å². The van der Waals surface area contributed by atoms with E-state index >= 15 is 0 Å². The predicted octanol–water partition coefficient (Wildman–Crippen LogP) is 0.831. The number of amides is 1. The predicted molar refractivity (Wildman–Crippen MR) is 83.6 cm³/mol. The third-order valence-electron chi connectivity index (χ3n) is 3.11. The van der Waals surface area contributed by atoms with Gasteiger partial charge in [-0.3, -0.25) is 9.59 Å². The lowest BCUT2D eigenvalue weighted by Gasteiger charge is -2.07. The van der Waals surface area contributed by atoms with Crippen LogP contribution in [0.5, 0.6) is 5.88 Å². The molecule has 2 rings (SSSR count). The molecule has 0 saturated heterocycles. The Hall–Kier alpha value is -2.97. The largest absolute Gasteiger partial charge is 0.493 e. The molecule has 0 aromatic carbocycles. The molecule has 2 heterocycles. The Morgan fingerprint density at radius 2 is 2.21 bits per heavy atom. The molecular formula is C15H19N5O4. The van der Waals surface area contributed by atoms with E-state index in [1.807, 2.05) is 0 Å². The van der Waals surface area contributed by atoms with Crippen LogP contribution in [-0.4, -0.2) is 49.9 Å². The first-order valence-corrected chi connectivity index (χ1v) is 7.61. The van der Waals surface area contributed by atoms with Crippen molar-refractivity contribution in [2.24, 2.45) is 0 Å². The van der Waals surface area contributed by atoms with Crippen molar-refractivity contribution in [3.63, 3.8) is 0 Å². The van der Waals surface area contributed by atoms with Gasteiger partial charge in [0.15, 0.2) is 0 Å². The summed E-state index contributed by atoms with van der Waals surface area (Å²) < 4.78 is 6.19. The highest BCUT2D eigenvalue weighted by Gasteiger charge is 2.14. The molecule has 0 atom stereocenters. The van der Waals surface area contributed by atoms with Gasteiger partial charge in [0.1, 0.15) is 5.56 Å². The minimum Gasteiger partial charge on any atom is -0.493 e. The number of nitrogens with zero attached hydrogens (tertiary/aromatic N) is 4. The topological polar surface area (TPSA) is 119 Å². The van der Waals surface area contributed by atoms with E-state index in [9.17, 15) is 14.7 Å². The van der Waals surface area contributed by atoms with Gasteiger partial charge in [-0.2, -0.15) is 10.1 Å². The average Bonchev–Trinajstić information content (AvgIpc) is 3.09. The fourth-order valence-corrected chi connectivity index (χ4v) is 1.95. The molecule has 2 aromatic rings. The lowest BCUT2D eigenvalue weighted by atomic mass is 10.2. The summed E-state index contributed by atoms with van der Waals surface area (Å²) in [5, 5.41) is 16.5. The number of carbonyl (C=O) groups is 2. The van der Waals surface area contributed by atoms with Crippen molar-refractivity contribution in [1.82, 2.24) is 25.1 Å². The van der Waals surface area contributed by atoms with Crippen LogP contribution in [0.15, 0.2) is 24.7 Å². The molecule has 0 unspecified atom stereocenters. The Bertz CT molecular complexity index is 687. The van der Waals surface area contributed by atoms with Gasteiger partial charge in [0.2, 0.25) is 5.88 Å². The van der Waals surface area contributed by atoms with Gasteiger partial charge in [-0.1, -0.05) is 0 Å². The standard InChI is InChI=1S/C15H19N5O4/c1-2-24-12(21)6-3-4-7-16-13(22)11-10-17-15(19-14(11)23)20-9-5-8-18-20/h5,8-10H,2-4,6-7H2,1H3,(H,16,22)(H,17,19,23). The maximum atomic E-state index is 12.0. The first-order valence-electron chi connectivity index (χ1n) is 7.61. The molecule has 0 aliphatic rings. The number of nitrogens with one attached hydrogen (secondary N) is 1. The number of esters is 1. The summed E-state index contributed by atoms with van der Waals surface area (Å²) in [7, 11) is 0. The fraction of sp³-hybridized carbons (Fsp3) is 0.400. The van der Waals surface area contributed by atoms with E-state index in [0.29, 0.717) is 32.4 Å². The van der Waals surface area contributed by atoms with Crippen molar-refractivity contribution in [1.29, 1.82) is 0 Å². The molecule has 2 N–H and O–H groups in total. The summed E-state index contributed by atoms with van der Waals surface area (Å²) in [6.07, 6.45) is 5.97. The minimum atomic E-state index is -0.476. The summed E-state index contributed by atoms with van der Waals surface area (Å²) in [5.41, 5.74) is -0.0173. The number of hydrogen-bond donors (Lipinski definition) is 2. The molecule has 9 nitrogen and oxygen atoms in total. The minimum absolute atomic E-state index is 0.0173. The van der Waals surface area contributed by atoms with Crippen molar-refractivity contribution in [3.8, 4) is 11.8 Å². The second-order valence-corrected chi connectivity index (χ2v) is 4.88. The summed E-state index contributed by atoms with van der Waals surface area (Å²) in [5.74, 6) is -0.970. The smallest absolute Gasteiger partial charge is 0.305 e. The monoisotopic (exact) mass is 333 g/mol. The average molecular weight is 333 g/mol. The quantitative estimate of drug-likeness (QED) is 0.542. The zero-order valence-electron chi connectivity index (χ0n) is 13.3. The van der Waals surface area contributed by atoms with Gasteiger partial charge >= 0.3 is 5.97 Å². The highest BCUT2D eigenvalue weighted by molar-refractivity contribution is 5.95. The van der Waals surface area contributed by atoms with E-state index < -0.39 is 11.8 Å². The Labute approximate surface area is 138 Å². The number of aromatic hydroxyl groups is 1. The summed E-state index contributed by atoms with van der Waals surface area (Å²) in [6, 6.07) is 1.69. The Kier molecular flexibility index (Phi) is 6.23. The summed E-state index contributed by atoms with van der Waals surface area (Å²) in [6.45, 7) is 2.49. The van der Waals surface area contributed by atoms with Crippen LogP contribution in [-0.2, 0) is 9.53 Å². The Balaban J connectivity index is 1.81. The van der Waals surface area contributed by atoms with E-state index in [4.69, 9.17) is 4.74 Å². The van der Waals surface area contributed by atoms with Crippen LogP contribution in [0.3, 0.4) is 0 Å². The molecule has 0 fully saturated rings. The third-order valence-corrected chi connectivity index (χ3v) is 3.11. The SMILES string of the molecule is CCOC(=O)CCCCNC(=O)c1cnc(-n2cccn2)nc1O. The summed E-state index contributed by atoms with van der Waals surface area (Å²) >= 11 is 0. The van der Waals surface area contributed by atoms with E-state index in [2.05, 4.69) is 20.4 Å². The van der Waals surface area contributed by atoms with Gasteiger partial charge in [0, 0.05) is 31.6 Å². The summed E-state index contributed by atoms with van der Waals surface area (Å²) in [4.78, 5) is 31.0. The molecule has 0 saturated carbocycles. The van der Waals surface area contributed by atoms with Crippen LogP contribution < -0.4 is 5.32 Å². The van der Waals surface area contributed by atoms with E-state index in [-0.39, 0.29) is 17.5 Å². The molecule has 0 aliphatic heterocycles. The Morgan fingerprint density at radius 1 is 1.38 bits per heavy atom. The second kappa shape index (κ2) is 8.61. The van der Waals surface area contributed by atoms with Crippen LogP contribution >= 0.6 is 0 Å². The van der Waals surface area contributed by atoms with Gasteiger partial charge < -0.3 is 15.2 Å². The van der Waals surface area contributed by atoms with Gasteiger partial charge in [-0.25, -0.2) is 9.67 Å². The first-order chi connectivity index (χ1) is 11.6. The molecule has 9 heteroatoms. The number of rotatable bonds is 8. The number of aromatic nitrogens is 4. The van der Waals surface area contributed by atoms with Crippen molar-refractivity contribution < 1.29 is 19.4 Å². The maximum absolute atomic E-state index is 12.0. The first kappa shape index (κ1) is 17.4. The highest BCUT2D eigenvalue weighted by atomic mass is 16.5. The van der Waals surface area contributed by atoms with Gasteiger partial charge in [-0.15, -0.1) is 0 Å². The van der Waals surface area contributed by atoms with Gasteiger partial charge in [0.05, 0.1) is 6.61 Å². The van der Waals surface area contributed by atoms with Gasteiger partial charge in [-0.05, 0) is 25.8 Å². The number of unbranched alkanes of at least 4 members (excludes halogenated alkanes) is 1. The molecule has 2 aromatic heterocycles. The Morgan fingerprint density at radius 3 is 2.88 bits per heavy atom. The second-order valence-electron chi connectivity index (χ2n) is 4.88. The zero-order chi connectivity index (χ0) is 17.4. The molecule has 24 heavy (non-hydrogen) atoms. The van der Waals surface area contributed by atoms with Crippen LogP contribution in [0, 0.1) is 0 Å². The van der Waals surface area contributed by atoms with Crippen molar-refractivity contribution in [3.05, 3.63) is 30.2 Å². The number of carbonyl (C=O) groups excluding carboxylic acids is 2. The van der Waals surface area contributed by atoms with E-state index in [0.717, 1.165) is 0 Å². The molecule has 0 spiro atoms. The molecule has 128 valence electrons. The molecule has 0 aliphatic carbocycles. The van der Waals surface area contributed by atoms with Crippen LogP contribution in [0.1, 0.15) is 36.5 Å². The van der Waals surface area contributed by atoms with Crippen LogP contribution in [0.4, 0.5) is 0 Å². The maximum Gasteiger partial charge on any atom is 0.305 e. The fourth-order valence-electron chi connectivity index (χ4n) is 1.95. The van der Waals surface area contributed by atoms with Crippen molar-refractivity contribution in [2.75, 3.05) is 13.2 Å². The molecule has 1 amide bonds. The lowest BCUT2D eigenvalue weighted by molar-refractivity contribution is -0.143. The lowest BCUT2D eigenvalue weighted by Crippen LogP contribution is -2.25. The van der Waals surface area contributed by atoms with Crippen molar-refractivity contribution in [2.45, 2.75) is 26.2 Å². The van der Waals surface area contributed by atoms with E-state index in [1.165, 1.54) is 10.9 Å². The van der Waals surface area contributed by atoms with Crippen molar-refractivity contribution >= 4 is 11.9 Å². The van der Waals surface area contributed by atoms with Gasteiger partial charge in [0.25, 0.3) is 11.9 Å². The number of ether oxygens (including phenoxy) is 1. The number of hydrogen-bond acceptors (Lipinski definition) is 7. The normalized spacial score (nSPS) is 10.4. The molecular weight excluding hydrogens is 314 g/mol. The van der Waals surface area contributed by atoms with Crippen LogP contribution in [0.25, 0.3) is 5.95 Å². The van der Waals surface area contributed by atoms with E-state index in [1.54, 1.807) is 25.4 Å². The third kappa shape index (κ3) is 4.77. The molecule has 0 radical (unpaired) electrons. The highest BCUT2D eigenvalue weighted by Crippen LogP contribution is 2.13.